The van der Waals surface area contributed by atoms with Crippen LogP contribution in [0.15, 0.2) is 31.8 Å². The van der Waals surface area contributed by atoms with E-state index in [9.17, 15) is 0 Å². The van der Waals surface area contributed by atoms with Gasteiger partial charge in [0.05, 0.1) is 3.79 Å². The van der Waals surface area contributed by atoms with Gasteiger partial charge in [-0.15, -0.1) is 11.3 Å². The molecule has 1 aromatic heterocycles. The van der Waals surface area contributed by atoms with E-state index in [1.54, 1.807) is 11.3 Å². The van der Waals surface area contributed by atoms with Crippen molar-refractivity contribution in [3.63, 3.8) is 0 Å². The first-order chi connectivity index (χ1) is 8.06. The van der Waals surface area contributed by atoms with Gasteiger partial charge >= 0.3 is 0 Å². The van der Waals surface area contributed by atoms with Gasteiger partial charge in [0.2, 0.25) is 0 Å². The van der Waals surface area contributed by atoms with E-state index < -0.39 is 0 Å². The largest absolute Gasteiger partial charge is 0.381 e. The van der Waals surface area contributed by atoms with Crippen molar-refractivity contribution in [2.45, 2.75) is 20.4 Å². The number of thiophene rings is 1. The highest BCUT2D eigenvalue weighted by Gasteiger charge is 2.03. The Morgan fingerprint density at radius 3 is 2.29 bits per heavy atom. The molecule has 1 aromatic carbocycles. The van der Waals surface area contributed by atoms with Crippen LogP contribution in [-0.2, 0) is 6.54 Å². The summed E-state index contributed by atoms with van der Waals surface area (Å²) < 4.78 is 2.37. The smallest absolute Gasteiger partial charge is 0.0701 e. The molecule has 0 aliphatic carbocycles. The first-order valence-corrected chi connectivity index (χ1v) is 7.76. The number of halogens is 2. The van der Waals surface area contributed by atoms with Crippen LogP contribution in [0.2, 0.25) is 0 Å². The zero-order valence-corrected chi connectivity index (χ0v) is 13.7. The minimum absolute atomic E-state index is 0.864. The number of rotatable bonds is 3. The molecule has 1 N–H and O–H groups in total. The van der Waals surface area contributed by atoms with Gasteiger partial charge in [-0.3, -0.25) is 0 Å². The van der Waals surface area contributed by atoms with Crippen LogP contribution >= 0.6 is 43.2 Å². The highest BCUT2D eigenvalue weighted by Crippen LogP contribution is 2.26. The summed E-state index contributed by atoms with van der Waals surface area (Å²) >= 11 is 8.77. The number of aryl methyl sites for hydroxylation is 2. The van der Waals surface area contributed by atoms with Gasteiger partial charge in [-0.05, 0) is 70.0 Å². The molecule has 0 spiro atoms. The maximum Gasteiger partial charge on any atom is 0.0701 e. The molecule has 0 saturated carbocycles. The summed E-state index contributed by atoms with van der Waals surface area (Å²) in [4.78, 5) is 0. The molecular weight excluding hydrogens is 362 g/mol. The maximum atomic E-state index is 3.58. The quantitative estimate of drug-likeness (QED) is 0.747. The maximum absolute atomic E-state index is 3.58. The first-order valence-electron chi connectivity index (χ1n) is 5.30. The van der Waals surface area contributed by atoms with Crippen molar-refractivity contribution in [2.75, 3.05) is 5.32 Å². The molecule has 0 unspecified atom stereocenters. The predicted octanol–water partition coefficient (Wildman–Crippen LogP) is 5.50. The fourth-order valence-corrected chi connectivity index (χ4v) is 3.13. The van der Waals surface area contributed by atoms with Crippen LogP contribution in [0.1, 0.15) is 16.7 Å². The number of nitrogens with one attached hydrogen (secondary N) is 1. The molecule has 1 heterocycles. The summed E-state index contributed by atoms with van der Waals surface area (Å²) in [6.07, 6.45) is 0. The Hall–Kier alpha value is -0.320. The standard InChI is InChI=1S/C13H13Br2NS/c1-8-3-11(4-9(2)13(8)15)16-6-10-5-12(14)17-7-10/h3-5,7,16H,6H2,1-2H3. The number of benzene rings is 1. The van der Waals surface area contributed by atoms with E-state index in [2.05, 4.69) is 74.6 Å². The van der Waals surface area contributed by atoms with E-state index in [-0.39, 0.29) is 0 Å². The van der Waals surface area contributed by atoms with Gasteiger partial charge in [-0.25, -0.2) is 0 Å². The molecule has 0 amide bonds. The van der Waals surface area contributed by atoms with Gasteiger partial charge in [0.25, 0.3) is 0 Å². The molecule has 2 rings (SSSR count). The van der Waals surface area contributed by atoms with Gasteiger partial charge in [-0.1, -0.05) is 15.9 Å². The molecule has 0 atom stereocenters. The predicted molar refractivity (Wildman–Crippen MR) is 83.0 cm³/mol. The lowest BCUT2D eigenvalue weighted by molar-refractivity contribution is 1.15. The SMILES string of the molecule is Cc1cc(NCc2csc(Br)c2)cc(C)c1Br. The Bertz CT molecular complexity index is 511. The van der Waals surface area contributed by atoms with Crippen molar-refractivity contribution in [1.82, 2.24) is 0 Å². The van der Waals surface area contributed by atoms with E-state index >= 15 is 0 Å². The second kappa shape index (κ2) is 5.55. The number of hydrogen-bond acceptors (Lipinski definition) is 2. The fourth-order valence-electron chi connectivity index (χ4n) is 1.69. The Balaban J connectivity index is 2.09. The highest BCUT2D eigenvalue weighted by atomic mass is 79.9. The lowest BCUT2D eigenvalue weighted by Crippen LogP contribution is -1.99. The summed E-state index contributed by atoms with van der Waals surface area (Å²) in [5.41, 5.74) is 5.00. The lowest BCUT2D eigenvalue weighted by atomic mass is 10.1. The third-order valence-electron chi connectivity index (χ3n) is 2.55. The van der Waals surface area contributed by atoms with E-state index in [1.165, 1.54) is 30.6 Å². The molecule has 0 fully saturated rings. The molecule has 0 aliphatic rings. The molecule has 4 heteroatoms. The van der Waals surface area contributed by atoms with Gasteiger partial charge in [0.1, 0.15) is 0 Å². The molecule has 1 nitrogen and oxygen atoms in total. The van der Waals surface area contributed by atoms with Crippen LogP contribution in [0.4, 0.5) is 5.69 Å². The van der Waals surface area contributed by atoms with Crippen molar-refractivity contribution < 1.29 is 0 Å². The molecule has 17 heavy (non-hydrogen) atoms. The Labute approximate surface area is 123 Å². The average molecular weight is 375 g/mol. The number of hydrogen-bond donors (Lipinski definition) is 1. The Morgan fingerprint density at radius 1 is 1.12 bits per heavy atom. The zero-order chi connectivity index (χ0) is 12.4. The summed E-state index contributed by atoms with van der Waals surface area (Å²) in [7, 11) is 0. The normalized spacial score (nSPS) is 10.6. The third-order valence-corrected chi connectivity index (χ3v) is 5.36. The molecule has 90 valence electrons. The van der Waals surface area contributed by atoms with Gasteiger partial charge < -0.3 is 5.32 Å². The lowest BCUT2D eigenvalue weighted by Gasteiger charge is -2.09. The summed E-state index contributed by atoms with van der Waals surface area (Å²) in [5.74, 6) is 0. The summed E-state index contributed by atoms with van der Waals surface area (Å²) in [5, 5.41) is 5.61. The first kappa shape index (κ1) is 13.1. The Morgan fingerprint density at radius 2 is 1.76 bits per heavy atom. The zero-order valence-electron chi connectivity index (χ0n) is 9.68. The summed E-state index contributed by atoms with van der Waals surface area (Å²) in [6, 6.07) is 6.48. The molecule has 2 aromatic rings. The van der Waals surface area contributed by atoms with Gasteiger partial charge in [0.15, 0.2) is 0 Å². The summed E-state index contributed by atoms with van der Waals surface area (Å²) in [6.45, 7) is 5.09. The van der Waals surface area contributed by atoms with Crippen LogP contribution in [0.5, 0.6) is 0 Å². The van der Waals surface area contributed by atoms with E-state index in [0.29, 0.717) is 0 Å². The van der Waals surface area contributed by atoms with E-state index in [1.807, 2.05) is 0 Å². The Kier molecular flexibility index (Phi) is 4.28. The van der Waals surface area contributed by atoms with Gasteiger partial charge in [-0.2, -0.15) is 0 Å². The average Bonchev–Trinajstić information content (AvgIpc) is 2.69. The van der Waals surface area contributed by atoms with Gasteiger partial charge in [0, 0.05) is 16.7 Å². The van der Waals surface area contributed by atoms with Crippen LogP contribution < -0.4 is 5.32 Å². The van der Waals surface area contributed by atoms with Crippen LogP contribution in [0.25, 0.3) is 0 Å². The minimum atomic E-state index is 0.864. The molecular formula is C13H13Br2NS. The monoisotopic (exact) mass is 373 g/mol. The van der Waals surface area contributed by atoms with Crippen molar-refractivity contribution in [1.29, 1.82) is 0 Å². The van der Waals surface area contributed by atoms with Crippen molar-refractivity contribution in [3.05, 3.63) is 48.5 Å². The van der Waals surface area contributed by atoms with Crippen LogP contribution in [0.3, 0.4) is 0 Å². The minimum Gasteiger partial charge on any atom is -0.381 e. The van der Waals surface area contributed by atoms with E-state index in [4.69, 9.17) is 0 Å². The van der Waals surface area contributed by atoms with Crippen molar-refractivity contribution >= 4 is 48.9 Å². The van der Waals surface area contributed by atoms with Crippen LogP contribution in [-0.4, -0.2) is 0 Å². The molecule has 0 saturated heterocycles. The van der Waals surface area contributed by atoms with Crippen molar-refractivity contribution in [2.24, 2.45) is 0 Å². The third kappa shape index (κ3) is 3.33. The molecule has 0 bridgehead atoms. The topological polar surface area (TPSA) is 12.0 Å². The second-order valence-corrected chi connectivity index (χ2v) is 7.12. The van der Waals surface area contributed by atoms with Crippen LogP contribution in [0, 0.1) is 13.8 Å². The fraction of sp³-hybridized carbons (Fsp3) is 0.231. The highest BCUT2D eigenvalue weighted by molar-refractivity contribution is 9.11. The molecule has 0 aliphatic heterocycles. The molecule has 0 radical (unpaired) electrons. The van der Waals surface area contributed by atoms with E-state index in [0.717, 1.165) is 6.54 Å². The van der Waals surface area contributed by atoms with Crippen molar-refractivity contribution in [3.8, 4) is 0 Å². The number of anilines is 1. The second-order valence-electron chi connectivity index (χ2n) is 4.04.